The first kappa shape index (κ1) is 12.7. The fourth-order valence-electron chi connectivity index (χ4n) is 2.46. The van der Waals surface area contributed by atoms with Crippen LogP contribution < -0.4 is 5.46 Å². The quantitative estimate of drug-likeness (QED) is 0.622. The normalized spacial score (nSPS) is 10.4. The summed E-state index contributed by atoms with van der Waals surface area (Å²) in [5.41, 5.74) is 3.90. The lowest BCUT2D eigenvalue weighted by atomic mass is 9.54. The average Bonchev–Trinajstić information content (AvgIpc) is 2.55. The van der Waals surface area contributed by atoms with Gasteiger partial charge in [-0.15, -0.1) is 0 Å². The van der Waals surface area contributed by atoms with Gasteiger partial charge in [-0.2, -0.15) is 0 Å². The third-order valence-electron chi connectivity index (χ3n) is 3.48. The van der Waals surface area contributed by atoms with Crippen molar-refractivity contribution in [3.63, 3.8) is 0 Å². The Balaban J connectivity index is 1.96. The molecule has 0 aromatic heterocycles. The van der Waals surface area contributed by atoms with E-state index in [0.29, 0.717) is 5.82 Å². The van der Waals surface area contributed by atoms with Crippen LogP contribution in [0.4, 0.5) is 0 Å². The van der Waals surface area contributed by atoms with Crippen LogP contribution in [0, 0.1) is 0 Å². The van der Waals surface area contributed by atoms with Crippen molar-refractivity contribution in [2.45, 2.75) is 5.82 Å². The average molecular weight is 255 g/mol. The van der Waals surface area contributed by atoms with E-state index in [9.17, 15) is 0 Å². The van der Waals surface area contributed by atoms with E-state index >= 15 is 0 Å². The highest BCUT2D eigenvalue weighted by Crippen LogP contribution is 2.23. The van der Waals surface area contributed by atoms with Crippen LogP contribution in [0.5, 0.6) is 0 Å². The molecule has 0 aliphatic carbocycles. The third kappa shape index (κ3) is 3.00. The first-order valence-electron chi connectivity index (χ1n) is 6.93. The van der Waals surface area contributed by atoms with Crippen LogP contribution in [0.1, 0.15) is 16.9 Å². The van der Waals surface area contributed by atoms with Gasteiger partial charge in [0.05, 0.1) is 0 Å². The van der Waals surface area contributed by atoms with Crippen molar-refractivity contribution in [3.8, 4) is 0 Å². The van der Waals surface area contributed by atoms with Gasteiger partial charge in [-0.25, -0.2) is 0 Å². The molecule has 0 unspecified atom stereocenters. The second-order valence-electron chi connectivity index (χ2n) is 4.88. The second kappa shape index (κ2) is 6.25. The number of rotatable bonds is 4. The van der Waals surface area contributed by atoms with Gasteiger partial charge in [0, 0.05) is 0 Å². The van der Waals surface area contributed by atoms with E-state index in [4.69, 9.17) is 0 Å². The van der Waals surface area contributed by atoms with Crippen molar-refractivity contribution in [1.29, 1.82) is 0 Å². The minimum atomic E-state index is 0.291. The van der Waals surface area contributed by atoms with Crippen LogP contribution in [0.25, 0.3) is 0 Å². The van der Waals surface area contributed by atoms with Crippen molar-refractivity contribution in [3.05, 3.63) is 102 Å². The fourth-order valence-corrected chi connectivity index (χ4v) is 2.46. The smallest absolute Gasteiger partial charge is 0.0866 e. The van der Waals surface area contributed by atoms with E-state index in [1.165, 1.54) is 16.6 Å². The topological polar surface area (TPSA) is 0 Å². The number of benzene rings is 3. The van der Waals surface area contributed by atoms with Crippen LogP contribution >= 0.6 is 0 Å². The molecule has 0 nitrogen and oxygen atoms in total. The van der Waals surface area contributed by atoms with Gasteiger partial charge in [-0.1, -0.05) is 96.5 Å². The lowest BCUT2D eigenvalue weighted by Gasteiger charge is -2.17. The van der Waals surface area contributed by atoms with Gasteiger partial charge in [-0.05, 0) is 16.9 Å². The Morgan fingerprint density at radius 1 is 0.500 bits per heavy atom. The van der Waals surface area contributed by atoms with Gasteiger partial charge in [-0.3, -0.25) is 0 Å². The minimum Gasteiger partial charge on any atom is -0.0866 e. The largest absolute Gasteiger partial charge is 0.166 e. The molecule has 1 heteroatoms. The molecule has 0 heterocycles. The van der Waals surface area contributed by atoms with Crippen LogP contribution in [0.2, 0.25) is 0 Å². The molecule has 0 aliphatic rings. The third-order valence-corrected chi connectivity index (χ3v) is 3.48. The molecule has 0 saturated heterocycles. The molecule has 3 aromatic carbocycles. The molecule has 1 radical (unpaired) electrons. The molecule has 0 N–H and O–H groups in total. The molecular weight excluding hydrogens is 239 g/mol. The van der Waals surface area contributed by atoms with E-state index < -0.39 is 0 Å². The van der Waals surface area contributed by atoms with Gasteiger partial charge in [0.15, 0.2) is 7.28 Å². The van der Waals surface area contributed by atoms with E-state index in [-0.39, 0.29) is 0 Å². The highest BCUT2D eigenvalue weighted by Gasteiger charge is 2.15. The second-order valence-corrected chi connectivity index (χ2v) is 4.88. The molecule has 0 amide bonds. The Kier molecular flexibility index (Phi) is 3.98. The molecule has 3 rings (SSSR count). The lowest BCUT2D eigenvalue weighted by Crippen LogP contribution is -2.22. The summed E-state index contributed by atoms with van der Waals surface area (Å²) in [4.78, 5) is 0. The maximum atomic E-state index is 2.32. The molecule has 0 spiro atoms. The summed E-state index contributed by atoms with van der Waals surface area (Å²) in [6.07, 6.45) is 0. The monoisotopic (exact) mass is 255 g/mol. The van der Waals surface area contributed by atoms with E-state index in [1.54, 1.807) is 0 Å². The maximum absolute atomic E-state index is 2.32. The summed E-state index contributed by atoms with van der Waals surface area (Å²) in [5, 5.41) is 0. The van der Waals surface area contributed by atoms with Crippen molar-refractivity contribution in [2.75, 3.05) is 0 Å². The van der Waals surface area contributed by atoms with Gasteiger partial charge < -0.3 is 0 Å². The molecule has 0 fully saturated rings. The van der Waals surface area contributed by atoms with Gasteiger partial charge >= 0.3 is 0 Å². The Morgan fingerprint density at radius 3 is 1.35 bits per heavy atom. The molecule has 3 aromatic rings. The molecule has 0 aliphatic heterocycles. The van der Waals surface area contributed by atoms with Gasteiger partial charge in [0.25, 0.3) is 0 Å². The fraction of sp³-hybridized carbons (Fsp3) is 0.0526. The molecule has 0 saturated carbocycles. The minimum absolute atomic E-state index is 0.291. The summed E-state index contributed by atoms with van der Waals surface area (Å²) in [5.74, 6) is 0.291. The molecule has 95 valence electrons. The van der Waals surface area contributed by atoms with Crippen molar-refractivity contribution < 1.29 is 0 Å². The summed E-state index contributed by atoms with van der Waals surface area (Å²) in [7, 11) is 2.32. The van der Waals surface area contributed by atoms with E-state index in [1.807, 2.05) is 0 Å². The van der Waals surface area contributed by atoms with Crippen LogP contribution in [-0.4, -0.2) is 7.28 Å². The number of hydrogen-bond donors (Lipinski definition) is 0. The lowest BCUT2D eigenvalue weighted by molar-refractivity contribution is 1.13. The van der Waals surface area contributed by atoms with E-state index in [2.05, 4.69) is 98.3 Å². The summed E-state index contributed by atoms with van der Waals surface area (Å²) in [6, 6.07) is 31.8. The standard InChI is InChI=1S/C19H16B/c1-4-10-16(11-5-1)19(17-12-6-2-7-13-17)20-18-14-8-3-9-15-18/h1-15,19H. The number of hydrogen-bond acceptors (Lipinski definition) is 0. The van der Waals surface area contributed by atoms with Crippen molar-refractivity contribution >= 4 is 12.7 Å². The van der Waals surface area contributed by atoms with Crippen molar-refractivity contribution in [2.24, 2.45) is 0 Å². The SMILES string of the molecule is [B](c1ccccc1)C(c1ccccc1)c1ccccc1. The highest BCUT2D eigenvalue weighted by molar-refractivity contribution is 6.55. The van der Waals surface area contributed by atoms with Crippen LogP contribution in [0.3, 0.4) is 0 Å². The van der Waals surface area contributed by atoms with Crippen LogP contribution in [-0.2, 0) is 0 Å². The summed E-state index contributed by atoms with van der Waals surface area (Å²) < 4.78 is 0. The zero-order chi connectivity index (χ0) is 13.6. The predicted molar refractivity (Wildman–Crippen MR) is 86.6 cm³/mol. The summed E-state index contributed by atoms with van der Waals surface area (Å²) >= 11 is 0. The van der Waals surface area contributed by atoms with Gasteiger partial charge in [0.1, 0.15) is 0 Å². The first-order chi connectivity index (χ1) is 9.93. The zero-order valence-corrected chi connectivity index (χ0v) is 11.3. The molecule has 0 atom stereocenters. The Labute approximate surface area is 121 Å². The zero-order valence-electron chi connectivity index (χ0n) is 11.3. The summed E-state index contributed by atoms with van der Waals surface area (Å²) in [6.45, 7) is 0. The van der Waals surface area contributed by atoms with Crippen LogP contribution in [0.15, 0.2) is 91.0 Å². The molecular formula is C19H16B. The predicted octanol–water partition coefficient (Wildman–Crippen LogP) is 3.81. The first-order valence-corrected chi connectivity index (χ1v) is 6.93. The van der Waals surface area contributed by atoms with E-state index in [0.717, 1.165) is 0 Å². The van der Waals surface area contributed by atoms with Gasteiger partial charge in [0.2, 0.25) is 0 Å². The Morgan fingerprint density at radius 2 is 0.900 bits per heavy atom. The van der Waals surface area contributed by atoms with Crippen molar-refractivity contribution in [1.82, 2.24) is 0 Å². The molecule has 20 heavy (non-hydrogen) atoms. The highest BCUT2D eigenvalue weighted by atomic mass is 14.1. The Hall–Kier alpha value is -2.28. The maximum Gasteiger partial charge on any atom is 0.166 e. The Bertz CT molecular complexity index is 593. The molecule has 0 bridgehead atoms.